The molecule has 0 aliphatic rings. The number of ether oxygens (including phenoxy) is 1. The fraction of sp³-hybridized carbons (Fsp3) is 0.389. The standard InChI is InChI=1S/C18H24N6O2/c1-3-10-24-12-20-15-16(21-13-5-7-14(26-2)8-6-13)22-18(23-17(15)24)19-9-4-11-25/h5-8,12,25H,3-4,9-11H2,1-2H3,(H2,19,21,22,23). The average molecular weight is 356 g/mol. The highest BCUT2D eigenvalue weighted by Gasteiger charge is 2.13. The molecule has 1 aromatic carbocycles. The molecule has 0 amide bonds. The zero-order valence-electron chi connectivity index (χ0n) is 15.1. The minimum atomic E-state index is 0.125. The molecule has 2 aromatic heterocycles. The van der Waals surface area contributed by atoms with E-state index in [1.54, 1.807) is 13.4 Å². The number of anilines is 3. The number of hydrogen-bond donors (Lipinski definition) is 3. The first-order valence-electron chi connectivity index (χ1n) is 8.73. The lowest BCUT2D eigenvalue weighted by Crippen LogP contribution is -2.09. The normalized spacial score (nSPS) is 10.9. The highest BCUT2D eigenvalue weighted by atomic mass is 16.5. The smallest absolute Gasteiger partial charge is 0.226 e. The monoisotopic (exact) mass is 356 g/mol. The summed E-state index contributed by atoms with van der Waals surface area (Å²) >= 11 is 0. The van der Waals surface area contributed by atoms with E-state index in [1.165, 1.54) is 0 Å². The number of aliphatic hydroxyl groups excluding tert-OH is 1. The number of imidazole rings is 1. The summed E-state index contributed by atoms with van der Waals surface area (Å²) in [5.41, 5.74) is 2.39. The Morgan fingerprint density at radius 1 is 1.19 bits per heavy atom. The first-order valence-corrected chi connectivity index (χ1v) is 8.73. The molecule has 3 rings (SSSR count). The van der Waals surface area contributed by atoms with Gasteiger partial charge in [0.25, 0.3) is 0 Å². The maximum atomic E-state index is 8.97. The van der Waals surface area contributed by atoms with Crippen LogP contribution in [0, 0.1) is 0 Å². The molecule has 26 heavy (non-hydrogen) atoms. The summed E-state index contributed by atoms with van der Waals surface area (Å²) in [6.07, 6.45) is 3.42. The van der Waals surface area contributed by atoms with E-state index in [2.05, 4.69) is 32.5 Å². The lowest BCUT2D eigenvalue weighted by molar-refractivity contribution is 0.292. The molecular weight excluding hydrogens is 332 g/mol. The van der Waals surface area contributed by atoms with E-state index in [9.17, 15) is 0 Å². The largest absolute Gasteiger partial charge is 0.497 e. The van der Waals surface area contributed by atoms with Crippen molar-refractivity contribution in [2.75, 3.05) is 30.9 Å². The predicted molar refractivity (Wildman–Crippen MR) is 102 cm³/mol. The van der Waals surface area contributed by atoms with Gasteiger partial charge in [-0.25, -0.2) is 4.98 Å². The molecule has 0 unspecified atom stereocenters. The second kappa shape index (κ2) is 8.48. The first kappa shape index (κ1) is 17.9. The van der Waals surface area contributed by atoms with E-state index < -0.39 is 0 Å². The SMILES string of the molecule is CCCn1cnc2c(Nc3ccc(OC)cc3)nc(NCCCO)nc21. The second-order valence-electron chi connectivity index (χ2n) is 5.86. The summed E-state index contributed by atoms with van der Waals surface area (Å²) in [4.78, 5) is 13.6. The molecule has 3 N–H and O–H groups in total. The van der Waals surface area contributed by atoms with E-state index in [-0.39, 0.29) is 6.61 Å². The van der Waals surface area contributed by atoms with Crippen molar-refractivity contribution in [3.8, 4) is 5.75 Å². The van der Waals surface area contributed by atoms with E-state index in [0.29, 0.717) is 24.7 Å². The minimum absolute atomic E-state index is 0.125. The van der Waals surface area contributed by atoms with Gasteiger partial charge in [0.15, 0.2) is 17.0 Å². The summed E-state index contributed by atoms with van der Waals surface area (Å²) in [5.74, 6) is 1.95. The van der Waals surface area contributed by atoms with E-state index in [4.69, 9.17) is 9.84 Å². The maximum Gasteiger partial charge on any atom is 0.226 e. The van der Waals surface area contributed by atoms with Crippen LogP contribution in [0.2, 0.25) is 0 Å². The summed E-state index contributed by atoms with van der Waals surface area (Å²) < 4.78 is 7.22. The Morgan fingerprint density at radius 2 is 2.00 bits per heavy atom. The van der Waals surface area contributed by atoms with Gasteiger partial charge in [-0.2, -0.15) is 9.97 Å². The Hall–Kier alpha value is -2.87. The van der Waals surface area contributed by atoms with Crippen molar-refractivity contribution in [2.24, 2.45) is 0 Å². The third-order valence-electron chi connectivity index (χ3n) is 3.90. The highest BCUT2D eigenvalue weighted by molar-refractivity contribution is 5.86. The van der Waals surface area contributed by atoms with Crippen molar-refractivity contribution < 1.29 is 9.84 Å². The van der Waals surface area contributed by atoms with Gasteiger partial charge in [-0.15, -0.1) is 0 Å². The summed E-state index contributed by atoms with van der Waals surface area (Å²) in [6, 6.07) is 7.62. The molecule has 0 saturated carbocycles. The van der Waals surface area contributed by atoms with Crippen molar-refractivity contribution in [1.29, 1.82) is 0 Å². The lowest BCUT2D eigenvalue weighted by atomic mass is 10.3. The van der Waals surface area contributed by atoms with Gasteiger partial charge in [0.05, 0.1) is 13.4 Å². The van der Waals surface area contributed by atoms with Crippen LogP contribution >= 0.6 is 0 Å². The molecule has 0 aliphatic carbocycles. The van der Waals surface area contributed by atoms with Gasteiger partial charge in [0, 0.05) is 25.4 Å². The number of hydrogen-bond acceptors (Lipinski definition) is 7. The van der Waals surface area contributed by atoms with Crippen LogP contribution in [0.1, 0.15) is 19.8 Å². The molecule has 0 bridgehead atoms. The van der Waals surface area contributed by atoms with Crippen molar-refractivity contribution in [3.05, 3.63) is 30.6 Å². The number of methoxy groups -OCH3 is 1. The quantitative estimate of drug-likeness (QED) is 0.507. The molecule has 3 aromatic rings. The zero-order valence-corrected chi connectivity index (χ0v) is 15.1. The van der Waals surface area contributed by atoms with Crippen LogP contribution in [0.25, 0.3) is 11.2 Å². The van der Waals surface area contributed by atoms with Gasteiger partial charge in [-0.05, 0) is 37.1 Å². The van der Waals surface area contributed by atoms with Gasteiger partial charge in [-0.1, -0.05) is 6.92 Å². The van der Waals surface area contributed by atoms with Crippen LogP contribution in [0.4, 0.5) is 17.5 Å². The fourth-order valence-electron chi connectivity index (χ4n) is 2.61. The maximum absolute atomic E-state index is 8.97. The molecule has 0 aliphatic heterocycles. The summed E-state index contributed by atoms with van der Waals surface area (Å²) in [6.45, 7) is 3.68. The van der Waals surface area contributed by atoms with Gasteiger partial charge in [0.1, 0.15) is 5.75 Å². The van der Waals surface area contributed by atoms with Crippen LogP contribution in [-0.2, 0) is 6.54 Å². The number of nitrogens with one attached hydrogen (secondary N) is 2. The number of rotatable bonds is 9. The Morgan fingerprint density at radius 3 is 2.69 bits per heavy atom. The zero-order chi connectivity index (χ0) is 18.4. The molecule has 0 radical (unpaired) electrons. The topological polar surface area (TPSA) is 97.1 Å². The Kier molecular flexibility index (Phi) is 5.85. The number of benzene rings is 1. The number of aryl methyl sites for hydroxylation is 1. The third-order valence-corrected chi connectivity index (χ3v) is 3.90. The van der Waals surface area contributed by atoms with Crippen molar-refractivity contribution >= 4 is 28.6 Å². The molecule has 8 heteroatoms. The van der Waals surface area contributed by atoms with E-state index >= 15 is 0 Å². The minimum Gasteiger partial charge on any atom is -0.497 e. The van der Waals surface area contributed by atoms with Crippen LogP contribution in [0.15, 0.2) is 30.6 Å². The Labute approximate surface area is 152 Å². The van der Waals surface area contributed by atoms with Gasteiger partial charge in [-0.3, -0.25) is 0 Å². The summed E-state index contributed by atoms with van der Waals surface area (Å²) in [7, 11) is 1.64. The summed E-state index contributed by atoms with van der Waals surface area (Å²) in [5, 5.41) is 15.4. The van der Waals surface area contributed by atoms with Crippen molar-refractivity contribution in [2.45, 2.75) is 26.3 Å². The molecular formula is C18H24N6O2. The molecule has 0 atom stereocenters. The van der Waals surface area contributed by atoms with E-state index in [1.807, 2.05) is 28.8 Å². The molecule has 0 spiro atoms. The van der Waals surface area contributed by atoms with Crippen LogP contribution in [0.3, 0.4) is 0 Å². The highest BCUT2D eigenvalue weighted by Crippen LogP contribution is 2.25. The van der Waals surface area contributed by atoms with Crippen molar-refractivity contribution in [1.82, 2.24) is 19.5 Å². The van der Waals surface area contributed by atoms with E-state index in [0.717, 1.165) is 35.6 Å². The molecule has 138 valence electrons. The Bertz CT molecular complexity index is 847. The van der Waals surface area contributed by atoms with Gasteiger partial charge >= 0.3 is 0 Å². The second-order valence-corrected chi connectivity index (χ2v) is 5.86. The van der Waals surface area contributed by atoms with Crippen molar-refractivity contribution in [3.63, 3.8) is 0 Å². The average Bonchev–Trinajstić information content (AvgIpc) is 3.06. The molecule has 0 saturated heterocycles. The Balaban J connectivity index is 1.94. The van der Waals surface area contributed by atoms with Crippen LogP contribution in [0.5, 0.6) is 5.75 Å². The lowest BCUT2D eigenvalue weighted by Gasteiger charge is -2.11. The third kappa shape index (κ3) is 4.02. The molecule has 2 heterocycles. The van der Waals surface area contributed by atoms with Crippen LogP contribution in [-0.4, -0.2) is 44.9 Å². The molecule has 0 fully saturated rings. The molecule has 8 nitrogen and oxygen atoms in total. The van der Waals surface area contributed by atoms with Gasteiger partial charge < -0.3 is 25.0 Å². The number of fused-ring (bicyclic) bond motifs is 1. The predicted octanol–water partition coefficient (Wildman–Crippen LogP) is 2.78. The fourth-order valence-corrected chi connectivity index (χ4v) is 2.61. The van der Waals surface area contributed by atoms with Crippen LogP contribution < -0.4 is 15.4 Å². The first-order chi connectivity index (χ1) is 12.7. The number of nitrogens with zero attached hydrogens (tertiary/aromatic N) is 4. The number of aliphatic hydroxyl groups is 1. The van der Waals surface area contributed by atoms with Gasteiger partial charge in [0.2, 0.25) is 5.95 Å². The number of aromatic nitrogens is 4.